The first-order valence-corrected chi connectivity index (χ1v) is 8.23. The van der Waals surface area contributed by atoms with Crippen molar-refractivity contribution < 1.29 is 13.2 Å². The zero-order valence-electron chi connectivity index (χ0n) is 11.8. The fourth-order valence-corrected chi connectivity index (χ4v) is 3.57. The summed E-state index contributed by atoms with van der Waals surface area (Å²) in [5.74, 6) is 0.679. The third-order valence-corrected chi connectivity index (χ3v) is 5.22. The monoisotopic (exact) mass is 325 g/mol. The maximum atomic E-state index is 12.7. The molecule has 0 N–H and O–H groups in total. The molecule has 0 saturated heterocycles. The van der Waals surface area contributed by atoms with E-state index in [9.17, 15) is 8.42 Å². The number of benzene rings is 2. The molecule has 0 aliphatic heterocycles. The largest absolute Gasteiger partial charge is 0.497 e. The van der Waals surface area contributed by atoms with Crippen LogP contribution in [-0.2, 0) is 10.0 Å². The van der Waals surface area contributed by atoms with Crippen LogP contribution in [0, 0.1) is 0 Å². The van der Waals surface area contributed by atoms with Crippen LogP contribution >= 0.6 is 11.6 Å². The van der Waals surface area contributed by atoms with Crippen LogP contribution < -0.4 is 9.04 Å². The summed E-state index contributed by atoms with van der Waals surface area (Å²) in [6.45, 7) is 2.12. The van der Waals surface area contributed by atoms with Gasteiger partial charge < -0.3 is 4.74 Å². The van der Waals surface area contributed by atoms with Crippen LogP contribution in [0.5, 0.6) is 5.75 Å². The highest BCUT2D eigenvalue weighted by atomic mass is 35.5. The van der Waals surface area contributed by atoms with Crippen molar-refractivity contribution in [2.75, 3.05) is 18.0 Å². The topological polar surface area (TPSA) is 46.6 Å². The summed E-state index contributed by atoms with van der Waals surface area (Å²) in [6.07, 6.45) is 0. The molecule has 0 aliphatic carbocycles. The number of nitrogens with zero attached hydrogens (tertiary/aromatic N) is 1. The van der Waals surface area contributed by atoms with Crippen molar-refractivity contribution in [2.24, 2.45) is 0 Å². The Morgan fingerprint density at radius 1 is 1.05 bits per heavy atom. The van der Waals surface area contributed by atoms with E-state index < -0.39 is 10.0 Å². The van der Waals surface area contributed by atoms with Gasteiger partial charge in [0.05, 0.1) is 17.7 Å². The average molecular weight is 326 g/mol. The smallest absolute Gasteiger partial charge is 0.264 e. The van der Waals surface area contributed by atoms with Gasteiger partial charge in [-0.1, -0.05) is 11.6 Å². The molecule has 0 spiro atoms. The van der Waals surface area contributed by atoms with E-state index in [2.05, 4.69) is 0 Å². The summed E-state index contributed by atoms with van der Waals surface area (Å²) in [6, 6.07) is 13.0. The van der Waals surface area contributed by atoms with Crippen molar-refractivity contribution >= 4 is 27.3 Å². The van der Waals surface area contributed by atoms with E-state index in [1.165, 1.54) is 16.4 Å². The van der Waals surface area contributed by atoms with Gasteiger partial charge in [-0.3, -0.25) is 4.31 Å². The Labute approximate surface area is 130 Å². The molecule has 0 amide bonds. The molecule has 0 bridgehead atoms. The van der Waals surface area contributed by atoms with E-state index in [-0.39, 0.29) is 4.90 Å². The number of rotatable bonds is 5. The number of methoxy groups -OCH3 is 1. The fourth-order valence-electron chi connectivity index (χ4n) is 1.97. The van der Waals surface area contributed by atoms with Crippen LogP contribution in [0.15, 0.2) is 53.4 Å². The highest BCUT2D eigenvalue weighted by Gasteiger charge is 2.23. The molecular formula is C15H16ClNO3S. The number of sulfonamides is 1. The van der Waals surface area contributed by atoms with E-state index in [1.54, 1.807) is 50.4 Å². The lowest BCUT2D eigenvalue weighted by molar-refractivity contribution is 0.415. The van der Waals surface area contributed by atoms with Crippen molar-refractivity contribution in [2.45, 2.75) is 11.8 Å². The second-order valence-electron chi connectivity index (χ2n) is 4.32. The Kier molecular flexibility index (Phi) is 4.75. The molecule has 0 aromatic heterocycles. The SMILES string of the molecule is CCN(c1ccc(OC)cc1)S(=O)(=O)c1ccc(Cl)cc1. The molecule has 0 fully saturated rings. The molecule has 6 heteroatoms. The Morgan fingerprint density at radius 3 is 2.10 bits per heavy atom. The van der Waals surface area contributed by atoms with Crippen molar-refractivity contribution in [3.8, 4) is 5.75 Å². The number of hydrogen-bond donors (Lipinski definition) is 0. The van der Waals surface area contributed by atoms with E-state index in [4.69, 9.17) is 16.3 Å². The Bertz CT molecular complexity index is 697. The molecular weight excluding hydrogens is 310 g/mol. The molecule has 0 saturated carbocycles. The summed E-state index contributed by atoms with van der Waals surface area (Å²) >= 11 is 5.80. The van der Waals surface area contributed by atoms with Gasteiger partial charge in [-0.15, -0.1) is 0 Å². The fraction of sp³-hybridized carbons (Fsp3) is 0.200. The molecule has 0 unspecified atom stereocenters. The van der Waals surface area contributed by atoms with Gasteiger partial charge in [-0.25, -0.2) is 8.42 Å². The van der Waals surface area contributed by atoms with Gasteiger partial charge in [0.15, 0.2) is 0 Å². The van der Waals surface area contributed by atoms with Crippen molar-refractivity contribution in [3.05, 3.63) is 53.6 Å². The number of halogens is 1. The normalized spacial score (nSPS) is 11.2. The predicted molar refractivity (Wildman–Crippen MR) is 84.7 cm³/mol. The van der Waals surface area contributed by atoms with Crippen molar-refractivity contribution in [1.29, 1.82) is 0 Å². The van der Waals surface area contributed by atoms with E-state index in [0.29, 0.717) is 23.0 Å². The Hall–Kier alpha value is -1.72. The summed E-state index contributed by atoms with van der Waals surface area (Å²) in [5.41, 5.74) is 0.591. The summed E-state index contributed by atoms with van der Waals surface area (Å²) in [5, 5.41) is 0.501. The van der Waals surface area contributed by atoms with Crippen LogP contribution in [0.4, 0.5) is 5.69 Å². The third-order valence-electron chi connectivity index (χ3n) is 3.05. The standard InChI is InChI=1S/C15H16ClNO3S/c1-3-17(13-6-8-14(20-2)9-7-13)21(18,19)15-10-4-12(16)5-11-15/h4-11H,3H2,1-2H3. The molecule has 4 nitrogen and oxygen atoms in total. The van der Waals surface area contributed by atoms with Gasteiger partial charge in [0.1, 0.15) is 5.75 Å². The van der Waals surface area contributed by atoms with E-state index in [1.807, 2.05) is 0 Å². The second kappa shape index (κ2) is 6.37. The maximum Gasteiger partial charge on any atom is 0.264 e. The van der Waals surface area contributed by atoms with Gasteiger partial charge in [0.2, 0.25) is 0 Å². The van der Waals surface area contributed by atoms with Gasteiger partial charge >= 0.3 is 0 Å². The van der Waals surface area contributed by atoms with Gasteiger partial charge in [-0.2, -0.15) is 0 Å². The lowest BCUT2D eigenvalue weighted by Gasteiger charge is -2.23. The molecule has 21 heavy (non-hydrogen) atoms. The van der Waals surface area contributed by atoms with Gasteiger partial charge in [-0.05, 0) is 55.5 Å². The van der Waals surface area contributed by atoms with Crippen molar-refractivity contribution in [3.63, 3.8) is 0 Å². The highest BCUT2D eigenvalue weighted by Crippen LogP contribution is 2.26. The quantitative estimate of drug-likeness (QED) is 0.844. The molecule has 2 rings (SSSR count). The zero-order valence-corrected chi connectivity index (χ0v) is 13.4. The number of hydrogen-bond acceptors (Lipinski definition) is 3. The van der Waals surface area contributed by atoms with Gasteiger partial charge in [0.25, 0.3) is 10.0 Å². The summed E-state index contributed by atoms with van der Waals surface area (Å²) < 4.78 is 31.8. The Morgan fingerprint density at radius 2 is 1.62 bits per heavy atom. The maximum absolute atomic E-state index is 12.7. The number of ether oxygens (including phenoxy) is 1. The molecule has 0 aliphatic rings. The Balaban J connectivity index is 2.41. The lowest BCUT2D eigenvalue weighted by Crippen LogP contribution is -2.30. The minimum Gasteiger partial charge on any atom is -0.497 e. The summed E-state index contributed by atoms with van der Waals surface area (Å²) in [7, 11) is -2.04. The second-order valence-corrected chi connectivity index (χ2v) is 6.62. The minimum absolute atomic E-state index is 0.213. The minimum atomic E-state index is -3.61. The first-order chi connectivity index (χ1) is 9.98. The summed E-state index contributed by atoms with van der Waals surface area (Å²) in [4.78, 5) is 0.213. The van der Waals surface area contributed by atoms with Crippen LogP contribution in [0.2, 0.25) is 5.02 Å². The zero-order chi connectivity index (χ0) is 15.5. The van der Waals surface area contributed by atoms with Crippen LogP contribution in [0.1, 0.15) is 6.92 Å². The molecule has 0 atom stereocenters. The molecule has 112 valence electrons. The molecule has 2 aromatic carbocycles. The van der Waals surface area contributed by atoms with E-state index >= 15 is 0 Å². The first kappa shape index (κ1) is 15.7. The molecule has 2 aromatic rings. The predicted octanol–water partition coefficient (Wildman–Crippen LogP) is 3.56. The van der Waals surface area contributed by atoms with Gasteiger partial charge in [0, 0.05) is 11.6 Å². The van der Waals surface area contributed by atoms with E-state index in [0.717, 1.165) is 0 Å². The third kappa shape index (κ3) is 3.31. The average Bonchev–Trinajstić information content (AvgIpc) is 2.49. The highest BCUT2D eigenvalue weighted by molar-refractivity contribution is 7.92. The van der Waals surface area contributed by atoms with Crippen LogP contribution in [0.25, 0.3) is 0 Å². The number of anilines is 1. The molecule has 0 heterocycles. The van der Waals surface area contributed by atoms with Crippen molar-refractivity contribution in [1.82, 2.24) is 0 Å². The first-order valence-electron chi connectivity index (χ1n) is 6.41. The van der Waals surface area contributed by atoms with Crippen LogP contribution in [-0.4, -0.2) is 22.1 Å². The lowest BCUT2D eigenvalue weighted by atomic mass is 10.3. The van der Waals surface area contributed by atoms with Crippen LogP contribution in [0.3, 0.4) is 0 Å². The molecule has 0 radical (unpaired) electrons.